The Morgan fingerprint density at radius 2 is 1.90 bits per heavy atom. The summed E-state index contributed by atoms with van der Waals surface area (Å²) < 4.78 is 5.67. The highest BCUT2D eigenvalue weighted by molar-refractivity contribution is 6.30. The minimum Gasteiger partial charge on any atom is -0.493 e. The van der Waals surface area contributed by atoms with Crippen molar-refractivity contribution in [1.82, 2.24) is 0 Å². The van der Waals surface area contributed by atoms with Gasteiger partial charge >= 0.3 is 0 Å². The zero-order valence-corrected chi connectivity index (χ0v) is 11.8. The number of rotatable bonds is 3. The monoisotopic (exact) mass is 286 g/mol. The van der Waals surface area contributed by atoms with Gasteiger partial charge in [0.05, 0.1) is 12.5 Å². The van der Waals surface area contributed by atoms with Crippen LogP contribution in [0.3, 0.4) is 0 Å². The summed E-state index contributed by atoms with van der Waals surface area (Å²) in [7, 11) is 0. The molecule has 1 aliphatic rings. The molecule has 0 aliphatic carbocycles. The predicted octanol–water partition coefficient (Wildman–Crippen LogP) is 3.70. The van der Waals surface area contributed by atoms with Gasteiger partial charge in [0.25, 0.3) is 0 Å². The van der Waals surface area contributed by atoms with Crippen LogP contribution in [0.15, 0.2) is 48.5 Å². The number of carbonyl (C=O) groups excluding carboxylic acids is 1. The van der Waals surface area contributed by atoms with Crippen LogP contribution in [0.5, 0.6) is 5.75 Å². The molecule has 1 heterocycles. The smallest absolute Gasteiger partial charge is 0.144 e. The van der Waals surface area contributed by atoms with Gasteiger partial charge in [-0.15, -0.1) is 0 Å². The lowest BCUT2D eigenvalue weighted by atomic mass is 9.90. The number of fused-ring (bicyclic) bond motifs is 1. The number of hydrogen-bond donors (Lipinski definition) is 0. The summed E-state index contributed by atoms with van der Waals surface area (Å²) in [6, 6.07) is 15.3. The number of benzene rings is 2. The third kappa shape index (κ3) is 2.86. The third-order valence-corrected chi connectivity index (χ3v) is 3.88. The molecule has 1 atom stereocenters. The molecule has 0 amide bonds. The van der Waals surface area contributed by atoms with Crippen LogP contribution < -0.4 is 4.74 Å². The second-order valence-corrected chi connectivity index (χ2v) is 5.53. The predicted molar refractivity (Wildman–Crippen MR) is 79.3 cm³/mol. The van der Waals surface area contributed by atoms with Crippen molar-refractivity contribution in [2.75, 3.05) is 6.61 Å². The van der Waals surface area contributed by atoms with Gasteiger partial charge in [0.1, 0.15) is 11.5 Å². The Hall–Kier alpha value is -1.80. The maximum atomic E-state index is 12.3. The number of halogens is 1. The molecule has 20 heavy (non-hydrogen) atoms. The molecule has 0 N–H and O–H groups in total. The largest absolute Gasteiger partial charge is 0.493 e. The second-order valence-electron chi connectivity index (χ2n) is 5.09. The molecular weight excluding hydrogens is 272 g/mol. The summed E-state index contributed by atoms with van der Waals surface area (Å²) in [5.74, 6) is 1.07. The highest BCUT2D eigenvalue weighted by atomic mass is 35.5. The Kier molecular flexibility index (Phi) is 3.75. The van der Waals surface area contributed by atoms with Gasteiger partial charge in [-0.05, 0) is 35.7 Å². The van der Waals surface area contributed by atoms with E-state index in [4.69, 9.17) is 16.3 Å². The number of hydrogen-bond acceptors (Lipinski definition) is 2. The zero-order chi connectivity index (χ0) is 13.9. The van der Waals surface area contributed by atoms with Crippen molar-refractivity contribution in [3.63, 3.8) is 0 Å². The fourth-order valence-electron chi connectivity index (χ4n) is 2.48. The third-order valence-electron chi connectivity index (χ3n) is 3.63. The van der Waals surface area contributed by atoms with Gasteiger partial charge in [0, 0.05) is 11.4 Å². The average molecular weight is 287 g/mol. The van der Waals surface area contributed by atoms with Gasteiger partial charge in [0.15, 0.2) is 0 Å². The van der Waals surface area contributed by atoms with Crippen LogP contribution in [0.1, 0.15) is 11.1 Å². The Bertz CT molecular complexity index is 619. The molecule has 0 saturated carbocycles. The van der Waals surface area contributed by atoms with Crippen molar-refractivity contribution in [2.45, 2.75) is 12.8 Å². The number of ether oxygens (including phenoxy) is 1. The summed E-state index contributed by atoms with van der Waals surface area (Å²) in [4.78, 5) is 12.3. The van der Waals surface area contributed by atoms with E-state index in [1.807, 2.05) is 48.5 Å². The summed E-state index contributed by atoms with van der Waals surface area (Å²) in [6.45, 7) is 0.476. The van der Waals surface area contributed by atoms with Gasteiger partial charge < -0.3 is 4.74 Å². The van der Waals surface area contributed by atoms with Crippen LogP contribution in [0.25, 0.3) is 0 Å². The van der Waals surface area contributed by atoms with Gasteiger partial charge in [-0.2, -0.15) is 0 Å². The van der Waals surface area contributed by atoms with E-state index in [0.29, 0.717) is 18.1 Å². The maximum Gasteiger partial charge on any atom is 0.144 e. The molecule has 2 aromatic rings. The fourth-order valence-corrected chi connectivity index (χ4v) is 2.61. The highest BCUT2D eigenvalue weighted by Gasteiger charge is 2.25. The van der Waals surface area contributed by atoms with Crippen LogP contribution >= 0.6 is 11.6 Å². The summed E-state index contributed by atoms with van der Waals surface area (Å²) in [5.41, 5.74) is 2.12. The molecule has 0 bridgehead atoms. The Morgan fingerprint density at radius 3 is 2.70 bits per heavy atom. The standard InChI is InChI=1S/C17H15ClO2/c18-15-7-5-12(6-8-15)9-16(19)14-10-13-3-1-2-4-17(13)20-11-14/h1-8,14H,9-11H2. The Morgan fingerprint density at radius 1 is 1.15 bits per heavy atom. The molecule has 0 aromatic heterocycles. The van der Waals surface area contributed by atoms with Crippen molar-refractivity contribution in [1.29, 1.82) is 0 Å². The molecule has 1 aliphatic heterocycles. The van der Waals surface area contributed by atoms with Gasteiger partial charge in [-0.1, -0.05) is 41.9 Å². The fraction of sp³-hybridized carbons (Fsp3) is 0.235. The minimum absolute atomic E-state index is 0.0550. The van der Waals surface area contributed by atoms with Crippen molar-refractivity contribution in [3.8, 4) is 5.75 Å². The number of carbonyl (C=O) groups is 1. The molecule has 0 saturated heterocycles. The molecule has 2 nitrogen and oxygen atoms in total. The Labute approximate surface area is 123 Å². The van der Waals surface area contributed by atoms with E-state index in [-0.39, 0.29) is 11.7 Å². The quantitative estimate of drug-likeness (QED) is 0.860. The lowest BCUT2D eigenvalue weighted by molar-refractivity contribution is -0.123. The molecule has 0 spiro atoms. The van der Waals surface area contributed by atoms with Gasteiger partial charge in [0.2, 0.25) is 0 Å². The lowest BCUT2D eigenvalue weighted by Gasteiger charge is -2.24. The van der Waals surface area contributed by atoms with E-state index in [1.165, 1.54) is 0 Å². The molecule has 0 fully saturated rings. The molecule has 102 valence electrons. The number of ketones is 1. The van der Waals surface area contributed by atoms with Crippen LogP contribution in [0.2, 0.25) is 5.02 Å². The average Bonchev–Trinajstić information content (AvgIpc) is 2.49. The SMILES string of the molecule is O=C(Cc1ccc(Cl)cc1)C1COc2ccccc2C1. The molecule has 3 rings (SSSR count). The van der Waals surface area contributed by atoms with Crippen LogP contribution in [0, 0.1) is 5.92 Å². The van der Waals surface area contributed by atoms with E-state index in [9.17, 15) is 4.79 Å². The molecule has 3 heteroatoms. The van der Waals surface area contributed by atoms with E-state index in [0.717, 1.165) is 23.3 Å². The van der Waals surface area contributed by atoms with Gasteiger partial charge in [-0.3, -0.25) is 4.79 Å². The normalized spacial score (nSPS) is 17.1. The summed E-state index contributed by atoms with van der Waals surface area (Å²) in [5, 5.41) is 0.691. The summed E-state index contributed by atoms with van der Waals surface area (Å²) in [6.07, 6.45) is 1.20. The first-order valence-electron chi connectivity index (χ1n) is 6.70. The second kappa shape index (κ2) is 5.68. The van der Waals surface area contributed by atoms with Crippen LogP contribution in [-0.4, -0.2) is 12.4 Å². The van der Waals surface area contributed by atoms with Gasteiger partial charge in [-0.25, -0.2) is 0 Å². The molecule has 1 unspecified atom stereocenters. The van der Waals surface area contributed by atoms with Crippen molar-refractivity contribution < 1.29 is 9.53 Å². The molecule has 2 aromatic carbocycles. The topological polar surface area (TPSA) is 26.3 Å². The first kappa shape index (κ1) is 13.2. The van der Waals surface area contributed by atoms with Crippen molar-refractivity contribution in [2.24, 2.45) is 5.92 Å². The molecule has 0 radical (unpaired) electrons. The Balaban J connectivity index is 1.68. The van der Waals surface area contributed by atoms with E-state index >= 15 is 0 Å². The number of Topliss-reactive ketones (excluding diaryl/α,β-unsaturated/α-hetero) is 1. The highest BCUT2D eigenvalue weighted by Crippen LogP contribution is 2.27. The summed E-state index contributed by atoms with van der Waals surface area (Å²) >= 11 is 5.85. The first-order valence-corrected chi connectivity index (χ1v) is 7.08. The van der Waals surface area contributed by atoms with Crippen LogP contribution in [-0.2, 0) is 17.6 Å². The lowest BCUT2D eigenvalue weighted by Crippen LogP contribution is -2.29. The van der Waals surface area contributed by atoms with E-state index in [2.05, 4.69) is 0 Å². The van der Waals surface area contributed by atoms with E-state index in [1.54, 1.807) is 0 Å². The van der Waals surface area contributed by atoms with E-state index < -0.39 is 0 Å². The van der Waals surface area contributed by atoms with Crippen molar-refractivity contribution in [3.05, 3.63) is 64.7 Å². The molecular formula is C17H15ClO2. The number of para-hydroxylation sites is 1. The van der Waals surface area contributed by atoms with Crippen LogP contribution in [0.4, 0.5) is 0 Å². The van der Waals surface area contributed by atoms with Crippen molar-refractivity contribution >= 4 is 17.4 Å². The minimum atomic E-state index is -0.0550. The zero-order valence-electron chi connectivity index (χ0n) is 11.0. The first-order chi connectivity index (χ1) is 9.72. The maximum absolute atomic E-state index is 12.3.